The number of piperidine rings is 1. The van der Waals surface area contributed by atoms with Gasteiger partial charge in [-0.3, -0.25) is 0 Å². The lowest BCUT2D eigenvalue weighted by atomic mass is 10.0. The lowest BCUT2D eigenvalue weighted by Gasteiger charge is -2.33. The van der Waals surface area contributed by atoms with E-state index < -0.39 is 26.4 Å². The van der Waals surface area contributed by atoms with Crippen molar-refractivity contribution in [1.29, 1.82) is 0 Å². The van der Waals surface area contributed by atoms with Crippen LogP contribution in [0, 0.1) is 0 Å². The summed E-state index contributed by atoms with van der Waals surface area (Å²) in [5.41, 5.74) is 0.945. The molecule has 0 bridgehead atoms. The van der Waals surface area contributed by atoms with E-state index in [2.05, 4.69) is 25.9 Å². The molecule has 0 aliphatic carbocycles. The van der Waals surface area contributed by atoms with E-state index in [0.717, 1.165) is 0 Å². The van der Waals surface area contributed by atoms with Gasteiger partial charge in [0.05, 0.1) is 28.4 Å². The van der Waals surface area contributed by atoms with Gasteiger partial charge in [0.15, 0.2) is 15.7 Å². The third-order valence-electron chi connectivity index (χ3n) is 5.18. The number of H-pyrrole nitrogens is 1. The Kier molecular flexibility index (Phi) is 5.28. The van der Waals surface area contributed by atoms with E-state index in [-0.39, 0.29) is 21.7 Å². The molecule has 4 rings (SSSR count). The molecule has 1 unspecified atom stereocenters. The molecule has 0 saturated carbocycles. The molecule has 2 fully saturated rings. The van der Waals surface area contributed by atoms with Gasteiger partial charge in [-0.1, -0.05) is 0 Å². The molecular formula is C15H21N7O4S2. The van der Waals surface area contributed by atoms with Crippen LogP contribution in [0.5, 0.6) is 0 Å². The Hall–Kier alpha value is -1.77. The summed E-state index contributed by atoms with van der Waals surface area (Å²) in [6.45, 7) is 1.80. The molecule has 28 heavy (non-hydrogen) atoms. The van der Waals surface area contributed by atoms with Gasteiger partial charge in [0, 0.05) is 26.2 Å². The lowest BCUT2D eigenvalue weighted by molar-refractivity contribution is 0.145. The van der Waals surface area contributed by atoms with Crippen LogP contribution in [-0.4, -0.2) is 76.2 Å². The topological polar surface area (TPSA) is 173 Å². The molecule has 2 aromatic rings. The van der Waals surface area contributed by atoms with Gasteiger partial charge in [-0.15, -0.1) is 10.2 Å². The second-order valence-electron chi connectivity index (χ2n) is 6.88. The van der Waals surface area contributed by atoms with E-state index in [1.165, 1.54) is 6.07 Å². The van der Waals surface area contributed by atoms with Crippen molar-refractivity contribution in [3.63, 3.8) is 0 Å². The number of nitrogens with zero attached hydrogens (tertiary/aromatic N) is 4. The number of tetrazole rings is 1. The van der Waals surface area contributed by atoms with Crippen LogP contribution in [0.15, 0.2) is 21.9 Å². The van der Waals surface area contributed by atoms with E-state index in [1.807, 2.05) is 4.90 Å². The van der Waals surface area contributed by atoms with Crippen LogP contribution in [0.3, 0.4) is 0 Å². The first-order chi connectivity index (χ1) is 13.4. The van der Waals surface area contributed by atoms with Crippen molar-refractivity contribution in [1.82, 2.24) is 25.9 Å². The predicted octanol–water partition coefficient (Wildman–Crippen LogP) is -1.45. The Morgan fingerprint density at radius 1 is 1.29 bits per heavy atom. The average Bonchev–Trinajstić information content (AvgIpc) is 3.13. The van der Waals surface area contributed by atoms with E-state index in [4.69, 9.17) is 5.14 Å². The molecule has 5 N–H and O–H groups in total. The normalized spacial score (nSPS) is 20.2. The predicted molar refractivity (Wildman–Crippen MR) is 102 cm³/mol. The summed E-state index contributed by atoms with van der Waals surface area (Å²) in [4.78, 5) is 1.92. The zero-order valence-corrected chi connectivity index (χ0v) is 16.5. The summed E-state index contributed by atoms with van der Waals surface area (Å²) in [7, 11) is -3.72. The smallest absolute Gasteiger partial charge is 0.205 e. The number of hydrogen-bond acceptors (Lipinski definition) is 10. The summed E-state index contributed by atoms with van der Waals surface area (Å²) in [6.07, 6.45) is 0.770. The first kappa shape index (κ1) is 19.5. The molecule has 3 heterocycles. The number of aliphatic hydroxyl groups excluding tert-OH is 1. The lowest BCUT2D eigenvalue weighted by Crippen LogP contribution is -2.51. The molecule has 13 heteroatoms. The first-order valence-electron chi connectivity index (χ1n) is 8.84. The number of rotatable bonds is 5. The maximum atomic E-state index is 13.1. The van der Waals surface area contributed by atoms with E-state index in [9.17, 15) is 18.1 Å². The van der Waals surface area contributed by atoms with Crippen molar-refractivity contribution in [2.45, 2.75) is 34.0 Å². The second kappa shape index (κ2) is 7.57. The number of nitrogens with two attached hydrogens (primary N) is 1. The summed E-state index contributed by atoms with van der Waals surface area (Å²) in [5.74, 6) is 0.193. The number of nitrogens with one attached hydrogen (secondary N) is 2. The molecular weight excluding hydrogens is 406 g/mol. The highest BCUT2D eigenvalue weighted by Gasteiger charge is 2.40. The third kappa shape index (κ3) is 3.38. The number of aromatic nitrogens is 4. The van der Waals surface area contributed by atoms with Crippen molar-refractivity contribution in [3.8, 4) is 11.4 Å². The van der Waals surface area contributed by atoms with Gasteiger partial charge in [-0.05, 0) is 35.4 Å². The Labute approximate surface area is 164 Å². The zero-order valence-electron chi connectivity index (χ0n) is 14.9. The summed E-state index contributed by atoms with van der Waals surface area (Å²) >= 11 is -2.09. The van der Waals surface area contributed by atoms with Crippen LogP contribution in [0.25, 0.3) is 11.4 Å². The number of anilines is 1. The molecule has 0 spiro atoms. The molecule has 1 atom stereocenters. The van der Waals surface area contributed by atoms with Crippen molar-refractivity contribution >= 4 is 26.9 Å². The van der Waals surface area contributed by atoms with E-state index in [0.29, 0.717) is 50.3 Å². The van der Waals surface area contributed by atoms with Crippen LogP contribution in [0.1, 0.15) is 12.8 Å². The van der Waals surface area contributed by atoms with Crippen LogP contribution >= 0.6 is 0 Å². The molecule has 0 amide bonds. The van der Waals surface area contributed by atoms with Gasteiger partial charge in [-0.2, -0.15) is 0 Å². The minimum Gasteiger partial charge on any atom is -0.593 e. The average molecular weight is 428 g/mol. The van der Waals surface area contributed by atoms with Crippen LogP contribution in [0.4, 0.5) is 5.69 Å². The number of benzene rings is 1. The molecule has 11 nitrogen and oxygen atoms in total. The van der Waals surface area contributed by atoms with Gasteiger partial charge in [-0.25, -0.2) is 13.5 Å². The van der Waals surface area contributed by atoms with Gasteiger partial charge < -0.3 is 19.9 Å². The molecule has 2 aliphatic rings. The fraction of sp³-hybridized carbons (Fsp3) is 0.533. The zero-order chi connectivity index (χ0) is 19.9. The minimum absolute atomic E-state index is 0.00549. The second-order valence-corrected chi connectivity index (χ2v) is 10.1. The Morgan fingerprint density at radius 3 is 2.54 bits per heavy atom. The Morgan fingerprint density at radius 2 is 2.00 bits per heavy atom. The van der Waals surface area contributed by atoms with E-state index >= 15 is 0 Å². The fourth-order valence-corrected chi connectivity index (χ4v) is 6.42. The number of aliphatic hydroxyl groups is 1. The first-order valence-corrected chi connectivity index (χ1v) is 11.6. The van der Waals surface area contributed by atoms with Crippen LogP contribution < -0.4 is 15.4 Å². The van der Waals surface area contributed by atoms with Crippen LogP contribution in [0.2, 0.25) is 0 Å². The van der Waals surface area contributed by atoms with Crippen LogP contribution in [-0.2, 0) is 21.2 Å². The maximum Gasteiger partial charge on any atom is 0.205 e. The fourth-order valence-electron chi connectivity index (χ4n) is 3.50. The quantitative estimate of drug-likeness (QED) is 0.414. The maximum absolute atomic E-state index is 13.1. The highest BCUT2D eigenvalue weighted by molar-refractivity contribution is 7.94. The standard InChI is InChI=1S/C15H21N7O4S2/c16-27(24)14-12(28(25,26)10-7-17-8-10)2-1-11(13(14)15-18-20-21-19-15)22-5-3-9(23)4-6-22/h1-2,9-10,17,23H,3-8,16H2,(H,18,19,20,21). The molecule has 2 aliphatic heterocycles. The van der Waals surface area contributed by atoms with E-state index in [1.54, 1.807) is 6.07 Å². The molecule has 0 radical (unpaired) electrons. The van der Waals surface area contributed by atoms with Crippen molar-refractivity contribution in [3.05, 3.63) is 12.1 Å². The summed E-state index contributed by atoms with van der Waals surface area (Å²) in [5, 5.41) is 31.6. The minimum atomic E-state index is -3.72. The monoisotopic (exact) mass is 427 g/mol. The highest BCUT2D eigenvalue weighted by atomic mass is 32.2. The molecule has 1 aromatic heterocycles. The summed E-state index contributed by atoms with van der Waals surface area (Å²) in [6, 6.07) is 3.13. The van der Waals surface area contributed by atoms with Gasteiger partial charge >= 0.3 is 0 Å². The molecule has 152 valence electrons. The largest absolute Gasteiger partial charge is 0.593 e. The Bertz CT molecular complexity index is 940. The SMILES string of the molecule is N[S+]([O-])c1c(S(=O)(=O)C2CNC2)ccc(N2CCC(O)CC2)c1-c1nnn[nH]1. The van der Waals surface area contributed by atoms with Gasteiger partial charge in [0.25, 0.3) is 0 Å². The van der Waals surface area contributed by atoms with Crippen molar-refractivity contribution < 1.29 is 18.1 Å². The van der Waals surface area contributed by atoms with Crippen molar-refractivity contribution in [2.75, 3.05) is 31.1 Å². The summed E-state index contributed by atoms with van der Waals surface area (Å²) < 4.78 is 38.6. The Balaban J connectivity index is 1.90. The number of aromatic amines is 1. The van der Waals surface area contributed by atoms with Gasteiger partial charge in [0.1, 0.15) is 10.5 Å². The third-order valence-corrected chi connectivity index (χ3v) is 8.30. The van der Waals surface area contributed by atoms with Gasteiger partial charge in [0.2, 0.25) is 4.90 Å². The molecule has 2 saturated heterocycles. The highest BCUT2D eigenvalue weighted by Crippen LogP contribution is 2.40. The number of sulfone groups is 1. The number of hydrogen-bond donors (Lipinski definition) is 4. The van der Waals surface area contributed by atoms with Crippen molar-refractivity contribution in [2.24, 2.45) is 5.14 Å². The molecule has 1 aromatic carbocycles.